The van der Waals surface area contributed by atoms with Crippen LogP contribution in [-0.4, -0.2) is 36.1 Å². The molecule has 0 aliphatic carbocycles. The summed E-state index contributed by atoms with van der Waals surface area (Å²) in [6.07, 6.45) is 5.21. The van der Waals surface area contributed by atoms with Gasteiger partial charge in [0.15, 0.2) is 0 Å². The van der Waals surface area contributed by atoms with Crippen molar-refractivity contribution in [2.75, 3.05) is 25.0 Å². The highest BCUT2D eigenvalue weighted by molar-refractivity contribution is 9.09. The summed E-state index contributed by atoms with van der Waals surface area (Å²) < 4.78 is 5.06. The second-order valence-corrected chi connectivity index (χ2v) is 5.30. The number of nitrogens with one attached hydrogen (secondary N) is 1. The Morgan fingerprint density at radius 1 is 1.47 bits per heavy atom. The Morgan fingerprint density at radius 3 is 2.76 bits per heavy atom. The largest absolute Gasteiger partial charge is 0.449 e. The summed E-state index contributed by atoms with van der Waals surface area (Å²) in [6, 6.07) is 0. The smallest absolute Gasteiger partial charge is 0.421 e. The lowest BCUT2D eigenvalue weighted by atomic mass is 9.95. The summed E-state index contributed by atoms with van der Waals surface area (Å²) in [5, 5.41) is 3.04. The SMILES string of the molecule is CCCCOC(=O)NN1CCC(CCBr)CC1. The number of carbonyl (C=O) groups is 1. The van der Waals surface area contributed by atoms with Crippen LogP contribution in [0, 0.1) is 5.92 Å². The Kier molecular flexibility index (Phi) is 7.60. The van der Waals surface area contributed by atoms with Crippen molar-refractivity contribution in [3.63, 3.8) is 0 Å². The van der Waals surface area contributed by atoms with Gasteiger partial charge < -0.3 is 4.74 Å². The van der Waals surface area contributed by atoms with E-state index in [0.717, 1.165) is 50.0 Å². The van der Waals surface area contributed by atoms with E-state index in [1.165, 1.54) is 6.42 Å². The molecule has 0 atom stereocenters. The Morgan fingerprint density at radius 2 is 2.18 bits per heavy atom. The fraction of sp³-hybridized carbons (Fsp3) is 0.917. The van der Waals surface area contributed by atoms with Crippen molar-refractivity contribution in [2.24, 2.45) is 5.92 Å². The lowest BCUT2D eigenvalue weighted by Gasteiger charge is -2.31. The first kappa shape index (κ1) is 14.8. The van der Waals surface area contributed by atoms with Crippen molar-refractivity contribution in [3.05, 3.63) is 0 Å². The molecule has 4 nitrogen and oxygen atoms in total. The first-order valence-corrected chi connectivity index (χ1v) is 7.62. The van der Waals surface area contributed by atoms with Gasteiger partial charge in [-0.05, 0) is 31.6 Å². The predicted octanol–water partition coefficient (Wildman–Crippen LogP) is 2.92. The third kappa shape index (κ3) is 6.27. The molecule has 5 heteroatoms. The molecule has 1 rings (SSSR count). The normalized spacial score (nSPS) is 18.0. The number of rotatable bonds is 6. The molecule has 1 N–H and O–H groups in total. The molecule has 1 aliphatic rings. The zero-order valence-corrected chi connectivity index (χ0v) is 12.2. The molecule has 0 aromatic carbocycles. The van der Waals surface area contributed by atoms with Gasteiger partial charge in [0, 0.05) is 18.4 Å². The second-order valence-electron chi connectivity index (χ2n) is 4.51. The summed E-state index contributed by atoms with van der Waals surface area (Å²) in [5.41, 5.74) is 2.80. The Balaban J connectivity index is 2.10. The number of unbranched alkanes of at least 4 members (excludes halogenated alkanes) is 1. The van der Waals surface area contributed by atoms with Crippen LogP contribution in [-0.2, 0) is 4.74 Å². The summed E-state index contributed by atoms with van der Waals surface area (Å²) in [5.74, 6) is 0.795. The lowest BCUT2D eigenvalue weighted by molar-refractivity contribution is 0.0837. The van der Waals surface area contributed by atoms with Gasteiger partial charge in [-0.15, -0.1) is 0 Å². The van der Waals surface area contributed by atoms with E-state index in [-0.39, 0.29) is 6.09 Å². The maximum Gasteiger partial charge on any atom is 0.421 e. The first-order valence-electron chi connectivity index (χ1n) is 6.50. The quantitative estimate of drug-likeness (QED) is 0.606. The van der Waals surface area contributed by atoms with E-state index in [4.69, 9.17) is 4.74 Å². The van der Waals surface area contributed by atoms with Gasteiger partial charge in [-0.3, -0.25) is 5.43 Å². The average molecular weight is 307 g/mol. The van der Waals surface area contributed by atoms with Crippen molar-refractivity contribution < 1.29 is 9.53 Å². The number of hydrogen-bond acceptors (Lipinski definition) is 3. The molecule has 1 saturated heterocycles. The summed E-state index contributed by atoms with van der Waals surface area (Å²) in [4.78, 5) is 11.4. The van der Waals surface area contributed by atoms with Crippen LogP contribution in [0.4, 0.5) is 4.79 Å². The molecule has 1 amide bonds. The lowest BCUT2D eigenvalue weighted by Crippen LogP contribution is -2.46. The zero-order chi connectivity index (χ0) is 12.5. The van der Waals surface area contributed by atoms with Crippen LogP contribution in [0.15, 0.2) is 0 Å². The highest BCUT2D eigenvalue weighted by atomic mass is 79.9. The molecule has 0 aromatic heterocycles. The minimum atomic E-state index is -0.308. The van der Waals surface area contributed by atoms with E-state index in [1.807, 2.05) is 5.01 Å². The first-order chi connectivity index (χ1) is 8.26. The molecular formula is C12H23BrN2O2. The number of ether oxygens (including phenoxy) is 1. The van der Waals surface area contributed by atoms with Crippen molar-refractivity contribution >= 4 is 22.0 Å². The van der Waals surface area contributed by atoms with Gasteiger partial charge in [0.1, 0.15) is 0 Å². The monoisotopic (exact) mass is 306 g/mol. The van der Waals surface area contributed by atoms with Crippen molar-refractivity contribution in [3.8, 4) is 0 Å². The van der Waals surface area contributed by atoms with E-state index in [9.17, 15) is 4.79 Å². The number of nitrogens with zero attached hydrogens (tertiary/aromatic N) is 1. The number of amides is 1. The Hall–Kier alpha value is -0.290. The standard InChI is InChI=1S/C12H23BrN2O2/c1-2-3-10-17-12(16)14-15-8-5-11(4-7-13)6-9-15/h11H,2-10H2,1H3,(H,14,16). The molecule has 0 spiro atoms. The minimum absolute atomic E-state index is 0.308. The van der Waals surface area contributed by atoms with Crippen LogP contribution in [0.5, 0.6) is 0 Å². The maximum absolute atomic E-state index is 11.4. The molecule has 0 unspecified atom stereocenters. The van der Waals surface area contributed by atoms with Crippen LogP contribution in [0.3, 0.4) is 0 Å². The Bertz CT molecular complexity index is 219. The van der Waals surface area contributed by atoms with Crippen LogP contribution < -0.4 is 5.43 Å². The molecule has 1 heterocycles. The van der Waals surface area contributed by atoms with Gasteiger partial charge in [0.2, 0.25) is 0 Å². The van der Waals surface area contributed by atoms with E-state index in [2.05, 4.69) is 28.3 Å². The number of piperidine rings is 1. The Labute approximate surface area is 112 Å². The molecule has 0 aromatic rings. The van der Waals surface area contributed by atoms with Crippen molar-refractivity contribution in [2.45, 2.75) is 39.0 Å². The van der Waals surface area contributed by atoms with E-state index in [0.29, 0.717) is 6.61 Å². The summed E-state index contributed by atoms with van der Waals surface area (Å²) in [6.45, 7) is 4.46. The molecule has 0 radical (unpaired) electrons. The van der Waals surface area contributed by atoms with Gasteiger partial charge in [-0.1, -0.05) is 29.3 Å². The number of hydrazine groups is 1. The van der Waals surface area contributed by atoms with Crippen LogP contribution in [0.1, 0.15) is 39.0 Å². The fourth-order valence-corrected chi connectivity index (χ4v) is 2.61. The molecule has 1 fully saturated rings. The molecule has 1 aliphatic heterocycles. The van der Waals surface area contributed by atoms with Gasteiger partial charge in [0.25, 0.3) is 0 Å². The summed E-state index contributed by atoms with van der Waals surface area (Å²) >= 11 is 3.47. The zero-order valence-electron chi connectivity index (χ0n) is 10.6. The highest BCUT2D eigenvalue weighted by Gasteiger charge is 2.20. The van der Waals surface area contributed by atoms with Crippen LogP contribution >= 0.6 is 15.9 Å². The number of alkyl halides is 1. The molecular weight excluding hydrogens is 284 g/mol. The van der Waals surface area contributed by atoms with Gasteiger partial charge in [0.05, 0.1) is 6.61 Å². The predicted molar refractivity (Wildman–Crippen MR) is 72.1 cm³/mol. The maximum atomic E-state index is 11.4. The fourth-order valence-electron chi connectivity index (χ4n) is 1.96. The average Bonchev–Trinajstić information content (AvgIpc) is 2.32. The number of halogens is 1. The second kappa shape index (κ2) is 8.75. The topological polar surface area (TPSA) is 41.6 Å². The van der Waals surface area contributed by atoms with Crippen molar-refractivity contribution in [1.29, 1.82) is 0 Å². The van der Waals surface area contributed by atoms with Gasteiger partial charge >= 0.3 is 6.09 Å². The van der Waals surface area contributed by atoms with E-state index >= 15 is 0 Å². The molecule has 0 bridgehead atoms. The minimum Gasteiger partial charge on any atom is -0.449 e. The molecule has 0 saturated carbocycles. The van der Waals surface area contributed by atoms with E-state index in [1.54, 1.807) is 0 Å². The summed E-state index contributed by atoms with van der Waals surface area (Å²) in [7, 11) is 0. The highest BCUT2D eigenvalue weighted by Crippen LogP contribution is 2.19. The molecule has 17 heavy (non-hydrogen) atoms. The number of hydrogen-bond donors (Lipinski definition) is 1. The van der Waals surface area contributed by atoms with Crippen molar-refractivity contribution in [1.82, 2.24) is 10.4 Å². The van der Waals surface area contributed by atoms with Crippen LogP contribution in [0.25, 0.3) is 0 Å². The molecule has 100 valence electrons. The van der Waals surface area contributed by atoms with Gasteiger partial charge in [-0.2, -0.15) is 0 Å². The van der Waals surface area contributed by atoms with E-state index < -0.39 is 0 Å². The third-order valence-corrected chi connectivity index (χ3v) is 3.57. The third-order valence-electron chi connectivity index (χ3n) is 3.11. The van der Waals surface area contributed by atoms with Gasteiger partial charge in [-0.25, -0.2) is 9.80 Å². The van der Waals surface area contributed by atoms with Crippen LogP contribution in [0.2, 0.25) is 0 Å². The number of carbonyl (C=O) groups excluding carboxylic acids is 1.